The Balaban J connectivity index is 1.57. The minimum Gasteiger partial charge on any atom is -0.444 e. The highest BCUT2D eigenvalue weighted by atomic mass is 35.5. The third kappa shape index (κ3) is 4.29. The number of halogens is 1. The summed E-state index contributed by atoms with van der Waals surface area (Å²) < 4.78 is 5.41. The van der Waals surface area contributed by atoms with Crippen molar-refractivity contribution in [1.29, 1.82) is 0 Å². The Hall–Kier alpha value is -1.56. The highest BCUT2D eigenvalue weighted by Gasteiger charge is 2.35. The molecular formula is C17H25ClN4O2. The van der Waals surface area contributed by atoms with Gasteiger partial charge in [-0.1, -0.05) is 11.6 Å². The predicted molar refractivity (Wildman–Crippen MR) is 93.5 cm³/mol. The molecule has 1 aliphatic heterocycles. The van der Waals surface area contributed by atoms with Gasteiger partial charge in [-0.25, -0.2) is 14.8 Å². The van der Waals surface area contributed by atoms with E-state index in [4.69, 9.17) is 16.3 Å². The lowest BCUT2D eigenvalue weighted by Gasteiger charge is -2.44. The van der Waals surface area contributed by atoms with Gasteiger partial charge in [0.15, 0.2) is 0 Å². The van der Waals surface area contributed by atoms with Crippen molar-refractivity contribution in [2.45, 2.75) is 51.7 Å². The number of aromatic nitrogens is 2. The van der Waals surface area contributed by atoms with E-state index in [1.54, 1.807) is 18.0 Å². The van der Waals surface area contributed by atoms with Gasteiger partial charge < -0.3 is 14.5 Å². The van der Waals surface area contributed by atoms with Crippen LogP contribution < -0.4 is 4.90 Å². The van der Waals surface area contributed by atoms with Gasteiger partial charge in [0, 0.05) is 32.6 Å². The van der Waals surface area contributed by atoms with E-state index in [0.717, 1.165) is 37.1 Å². The van der Waals surface area contributed by atoms with E-state index in [9.17, 15) is 4.79 Å². The molecule has 2 aliphatic rings. The van der Waals surface area contributed by atoms with Gasteiger partial charge in [0.2, 0.25) is 0 Å². The lowest BCUT2D eigenvalue weighted by molar-refractivity contribution is 0.0196. The fourth-order valence-electron chi connectivity index (χ4n) is 2.66. The highest BCUT2D eigenvalue weighted by molar-refractivity contribution is 6.29. The molecule has 0 unspecified atom stereocenters. The van der Waals surface area contributed by atoms with E-state index in [-0.39, 0.29) is 12.1 Å². The number of nitrogens with zero attached hydrogens (tertiary/aromatic N) is 4. The number of ether oxygens (including phenoxy) is 1. The second-order valence-corrected chi connectivity index (χ2v) is 8.15. The van der Waals surface area contributed by atoms with Crippen molar-refractivity contribution in [3.63, 3.8) is 0 Å². The Kier molecular flexibility index (Phi) is 4.60. The molecule has 7 heteroatoms. The number of hydrogen-bond donors (Lipinski definition) is 0. The zero-order valence-electron chi connectivity index (χ0n) is 14.8. The lowest BCUT2D eigenvalue weighted by Crippen LogP contribution is -2.60. The molecule has 1 aliphatic carbocycles. The third-order valence-corrected chi connectivity index (χ3v) is 4.50. The summed E-state index contributed by atoms with van der Waals surface area (Å²) in [5.74, 6) is 2.39. The molecule has 1 saturated heterocycles. The van der Waals surface area contributed by atoms with Gasteiger partial charge in [0.25, 0.3) is 0 Å². The lowest BCUT2D eigenvalue weighted by atomic mass is 10.1. The van der Waals surface area contributed by atoms with Crippen LogP contribution in [0.2, 0.25) is 5.15 Å². The topological polar surface area (TPSA) is 58.6 Å². The monoisotopic (exact) mass is 352 g/mol. The standard InChI is InChI=1S/C17H25ClN4O2/c1-17(2,3)24-16(23)21(4)12-9-22(10-12)15-8-13(18)19-14(20-15)7-11-5-6-11/h8,11-12H,5-7,9-10H2,1-4H3. The maximum absolute atomic E-state index is 12.1. The van der Waals surface area contributed by atoms with Crippen LogP contribution in [0.5, 0.6) is 0 Å². The van der Waals surface area contributed by atoms with Gasteiger partial charge in [-0.15, -0.1) is 0 Å². The van der Waals surface area contributed by atoms with Crippen LogP contribution in [0.15, 0.2) is 6.07 Å². The quantitative estimate of drug-likeness (QED) is 0.779. The van der Waals surface area contributed by atoms with Crippen LogP contribution in [-0.2, 0) is 11.2 Å². The molecule has 24 heavy (non-hydrogen) atoms. The van der Waals surface area contributed by atoms with Crippen molar-refractivity contribution >= 4 is 23.5 Å². The van der Waals surface area contributed by atoms with E-state index in [0.29, 0.717) is 5.15 Å². The molecular weight excluding hydrogens is 328 g/mol. The van der Waals surface area contributed by atoms with Crippen LogP contribution in [0.1, 0.15) is 39.4 Å². The Labute approximate surface area is 148 Å². The Morgan fingerprint density at radius 3 is 2.62 bits per heavy atom. The number of hydrogen-bond acceptors (Lipinski definition) is 5. The number of carbonyl (C=O) groups excluding carboxylic acids is 1. The molecule has 2 fully saturated rings. The molecule has 1 amide bonds. The van der Waals surface area contributed by atoms with Crippen LogP contribution in [0.3, 0.4) is 0 Å². The first kappa shape index (κ1) is 17.3. The molecule has 0 N–H and O–H groups in total. The fourth-order valence-corrected chi connectivity index (χ4v) is 2.85. The average molecular weight is 353 g/mol. The van der Waals surface area contributed by atoms with Gasteiger partial charge in [-0.3, -0.25) is 0 Å². The minimum absolute atomic E-state index is 0.125. The summed E-state index contributed by atoms with van der Waals surface area (Å²) in [4.78, 5) is 24.8. The van der Waals surface area contributed by atoms with Gasteiger partial charge in [-0.05, 0) is 39.5 Å². The molecule has 1 saturated carbocycles. The SMILES string of the molecule is CN(C(=O)OC(C)(C)C)C1CN(c2cc(Cl)nc(CC3CC3)n2)C1. The number of rotatable bonds is 4. The summed E-state index contributed by atoms with van der Waals surface area (Å²) in [6.45, 7) is 7.07. The van der Waals surface area contributed by atoms with E-state index < -0.39 is 5.60 Å². The minimum atomic E-state index is -0.479. The van der Waals surface area contributed by atoms with Crippen molar-refractivity contribution in [2.24, 2.45) is 5.92 Å². The maximum atomic E-state index is 12.1. The number of carbonyl (C=O) groups is 1. The van der Waals surface area contributed by atoms with Gasteiger partial charge in [-0.2, -0.15) is 0 Å². The van der Waals surface area contributed by atoms with Crippen LogP contribution >= 0.6 is 11.6 Å². The Bertz CT molecular complexity index is 622. The van der Waals surface area contributed by atoms with E-state index in [1.165, 1.54) is 12.8 Å². The molecule has 0 radical (unpaired) electrons. The molecule has 1 aromatic rings. The summed E-state index contributed by atoms with van der Waals surface area (Å²) in [5.41, 5.74) is -0.479. The second kappa shape index (κ2) is 6.39. The van der Waals surface area contributed by atoms with Crippen molar-refractivity contribution in [3.05, 3.63) is 17.0 Å². The summed E-state index contributed by atoms with van der Waals surface area (Å²) in [5, 5.41) is 0.486. The van der Waals surface area contributed by atoms with Gasteiger partial charge in [0.1, 0.15) is 22.4 Å². The van der Waals surface area contributed by atoms with Gasteiger partial charge in [0.05, 0.1) is 6.04 Å². The summed E-state index contributed by atoms with van der Waals surface area (Å²) >= 11 is 6.14. The van der Waals surface area contributed by atoms with E-state index in [1.807, 2.05) is 20.8 Å². The summed E-state index contributed by atoms with van der Waals surface area (Å²) in [7, 11) is 1.78. The largest absolute Gasteiger partial charge is 0.444 e. The van der Waals surface area contributed by atoms with Crippen LogP contribution in [0, 0.1) is 5.92 Å². The van der Waals surface area contributed by atoms with Gasteiger partial charge >= 0.3 is 6.09 Å². The van der Waals surface area contributed by atoms with E-state index in [2.05, 4.69) is 14.9 Å². The highest BCUT2D eigenvalue weighted by Crippen LogP contribution is 2.33. The van der Waals surface area contributed by atoms with Crippen molar-refractivity contribution in [2.75, 3.05) is 25.0 Å². The van der Waals surface area contributed by atoms with Crippen LogP contribution in [-0.4, -0.2) is 52.7 Å². The zero-order valence-corrected chi connectivity index (χ0v) is 15.5. The molecule has 0 aromatic carbocycles. The van der Waals surface area contributed by atoms with Crippen molar-refractivity contribution < 1.29 is 9.53 Å². The Morgan fingerprint density at radius 1 is 1.38 bits per heavy atom. The maximum Gasteiger partial charge on any atom is 0.410 e. The first-order valence-electron chi connectivity index (χ1n) is 8.45. The second-order valence-electron chi connectivity index (χ2n) is 7.76. The van der Waals surface area contributed by atoms with Crippen molar-refractivity contribution in [3.8, 4) is 0 Å². The number of likely N-dealkylation sites (N-methyl/N-ethyl adjacent to an activating group) is 1. The molecule has 1 aromatic heterocycles. The van der Waals surface area contributed by atoms with E-state index >= 15 is 0 Å². The fraction of sp³-hybridized carbons (Fsp3) is 0.706. The molecule has 3 rings (SSSR count). The van der Waals surface area contributed by atoms with Crippen molar-refractivity contribution in [1.82, 2.24) is 14.9 Å². The van der Waals surface area contributed by atoms with Crippen LogP contribution in [0.25, 0.3) is 0 Å². The summed E-state index contributed by atoms with van der Waals surface area (Å²) in [6.07, 6.45) is 3.14. The molecule has 2 heterocycles. The normalized spacial score (nSPS) is 18.3. The first-order chi connectivity index (χ1) is 11.2. The number of anilines is 1. The first-order valence-corrected chi connectivity index (χ1v) is 8.83. The molecule has 0 atom stereocenters. The third-order valence-electron chi connectivity index (χ3n) is 4.31. The predicted octanol–water partition coefficient (Wildman–Crippen LogP) is 3.14. The smallest absolute Gasteiger partial charge is 0.410 e. The summed E-state index contributed by atoms with van der Waals surface area (Å²) in [6, 6.07) is 1.92. The molecule has 0 bridgehead atoms. The van der Waals surface area contributed by atoms with Crippen LogP contribution in [0.4, 0.5) is 10.6 Å². The molecule has 132 valence electrons. The average Bonchev–Trinajstić information content (AvgIpc) is 3.18. The molecule has 6 nitrogen and oxygen atoms in total. The number of amides is 1. The Morgan fingerprint density at radius 2 is 2.04 bits per heavy atom. The zero-order chi connectivity index (χ0) is 17.5. The molecule has 0 spiro atoms.